The molecule has 1 aromatic carbocycles. The Hall–Kier alpha value is -2.35. The second-order valence-corrected chi connectivity index (χ2v) is 8.81. The minimum absolute atomic E-state index is 0.0920. The van der Waals surface area contributed by atoms with Gasteiger partial charge in [-0.3, -0.25) is 9.59 Å². The zero-order valence-corrected chi connectivity index (χ0v) is 18.4. The molecule has 3 aromatic rings. The molecule has 1 saturated carbocycles. The lowest BCUT2D eigenvalue weighted by Crippen LogP contribution is -2.25. The Morgan fingerprint density at radius 3 is 2.67 bits per heavy atom. The third-order valence-corrected chi connectivity index (χ3v) is 6.15. The van der Waals surface area contributed by atoms with Gasteiger partial charge in [-0.25, -0.2) is 9.97 Å². The van der Waals surface area contributed by atoms with Gasteiger partial charge in [-0.05, 0) is 38.0 Å². The number of halogens is 2. The number of pyridine rings is 2. The number of hydrogen-bond acceptors (Lipinski definition) is 5. The maximum absolute atomic E-state index is 12.7. The SMILES string of the molecule is Cc1nc(NC(=O)CSc2cc(C(=O)NC3CC3)c3ccccc3n2)c(Cl)cc1Cl. The molecule has 0 atom stereocenters. The fourth-order valence-electron chi connectivity index (χ4n) is 2.86. The molecular weight excluding hydrogens is 443 g/mol. The highest BCUT2D eigenvalue weighted by Gasteiger charge is 2.25. The molecule has 0 spiro atoms. The standard InChI is InChI=1S/C21H18Cl2N4O2S/c1-11-15(22)9-16(23)20(24-11)27-18(28)10-30-19-8-14(21(29)25-12-6-7-12)13-4-2-3-5-17(13)26-19/h2-5,8-9,12H,6-7,10H2,1H3,(H,25,29)(H,24,27,28). The first-order valence-electron chi connectivity index (χ1n) is 9.36. The summed E-state index contributed by atoms with van der Waals surface area (Å²) in [6.07, 6.45) is 2.02. The second kappa shape index (κ2) is 8.79. The first-order valence-corrected chi connectivity index (χ1v) is 11.1. The molecule has 2 heterocycles. The lowest BCUT2D eigenvalue weighted by Gasteiger charge is -2.10. The molecule has 6 nitrogen and oxygen atoms in total. The second-order valence-electron chi connectivity index (χ2n) is 7.00. The normalized spacial score (nSPS) is 13.3. The number of aryl methyl sites for hydroxylation is 1. The van der Waals surface area contributed by atoms with Crippen LogP contribution >= 0.6 is 35.0 Å². The minimum Gasteiger partial charge on any atom is -0.349 e. The summed E-state index contributed by atoms with van der Waals surface area (Å²) in [6, 6.07) is 11.0. The Morgan fingerprint density at radius 1 is 1.13 bits per heavy atom. The van der Waals surface area contributed by atoms with Crippen LogP contribution in [0.2, 0.25) is 10.0 Å². The van der Waals surface area contributed by atoms with Crippen LogP contribution < -0.4 is 10.6 Å². The maximum Gasteiger partial charge on any atom is 0.252 e. The maximum atomic E-state index is 12.7. The van der Waals surface area contributed by atoms with Crippen molar-refractivity contribution in [2.45, 2.75) is 30.8 Å². The summed E-state index contributed by atoms with van der Waals surface area (Å²) in [7, 11) is 0. The molecule has 0 aliphatic heterocycles. The van der Waals surface area contributed by atoms with Crippen molar-refractivity contribution in [3.05, 3.63) is 57.7 Å². The van der Waals surface area contributed by atoms with Gasteiger partial charge >= 0.3 is 0 Å². The van der Waals surface area contributed by atoms with Crippen LogP contribution in [0.25, 0.3) is 10.9 Å². The van der Waals surface area contributed by atoms with Crippen LogP contribution in [0.5, 0.6) is 0 Å². The van der Waals surface area contributed by atoms with Crippen LogP contribution in [-0.4, -0.2) is 33.6 Å². The van der Waals surface area contributed by atoms with Gasteiger partial charge in [0, 0.05) is 11.4 Å². The van der Waals surface area contributed by atoms with Gasteiger partial charge in [0.25, 0.3) is 5.91 Å². The fourth-order valence-corrected chi connectivity index (χ4v) is 3.98. The summed E-state index contributed by atoms with van der Waals surface area (Å²) < 4.78 is 0. The molecule has 0 bridgehead atoms. The summed E-state index contributed by atoms with van der Waals surface area (Å²) in [4.78, 5) is 33.9. The number of nitrogens with one attached hydrogen (secondary N) is 2. The minimum atomic E-state index is -0.282. The number of amides is 2. The van der Waals surface area contributed by atoms with Gasteiger partial charge in [0.2, 0.25) is 5.91 Å². The predicted octanol–water partition coefficient (Wildman–Crippen LogP) is 4.87. The molecule has 1 fully saturated rings. The number of fused-ring (bicyclic) bond motifs is 1. The molecule has 2 N–H and O–H groups in total. The number of rotatable bonds is 6. The molecule has 0 unspecified atom stereocenters. The van der Waals surface area contributed by atoms with E-state index in [1.165, 1.54) is 11.8 Å². The Bertz CT molecular complexity index is 1150. The van der Waals surface area contributed by atoms with Gasteiger partial charge in [0.1, 0.15) is 0 Å². The monoisotopic (exact) mass is 460 g/mol. The fraction of sp³-hybridized carbons (Fsp3) is 0.238. The highest BCUT2D eigenvalue weighted by Crippen LogP contribution is 2.28. The van der Waals surface area contributed by atoms with Crippen LogP contribution in [0, 0.1) is 6.92 Å². The van der Waals surface area contributed by atoms with Crippen molar-refractivity contribution in [2.75, 3.05) is 11.1 Å². The number of thioether (sulfide) groups is 1. The van der Waals surface area contributed by atoms with E-state index in [1.54, 1.807) is 19.1 Å². The molecular formula is C21H18Cl2N4O2S. The van der Waals surface area contributed by atoms with Crippen molar-refractivity contribution < 1.29 is 9.59 Å². The summed E-state index contributed by atoms with van der Waals surface area (Å²) >= 11 is 13.3. The van der Waals surface area contributed by atoms with Gasteiger partial charge in [-0.2, -0.15) is 0 Å². The summed E-state index contributed by atoms with van der Waals surface area (Å²) in [5, 5.41) is 7.79. The van der Waals surface area contributed by atoms with E-state index in [0.717, 1.165) is 18.2 Å². The average molecular weight is 461 g/mol. The molecule has 154 valence electrons. The first kappa shape index (κ1) is 20.9. The molecule has 0 radical (unpaired) electrons. The zero-order chi connectivity index (χ0) is 21.3. The van der Waals surface area contributed by atoms with Gasteiger partial charge < -0.3 is 10.6 Å². The smallest absolute Gasteiger partial charge is 0.252 e. The van der Waals surface area contributed by atoms with Gasteiger partial charge in [-0.1, -0.05) is 53.2 Å². The van der Waals surface area contributed by atoms with Crippen molar-refractivity contribution in [2.24, 2.45) is 0 Å². The average Bonchev–Trinajstić information content (AvgIpc) is 3.53. The number of anilines is 1. The lowest BCUT2D eigenvalue weighted by molar-refractivity contribution is -0.113. The number of carbonyl (C=O) groups excluding carboxylic acids is 2. The van der Waals surface area contributed by atoms with E-state index in [-0.39, 0.29) is 34.4 Å². The van der Waals surface area contributed by atoms with Gasteiger partial charge in [-0.15, -0.1) is 0 Å². The van der Waals surface area contributed by atoms with E-state index in [9.17, 15) is 9.59 Å². The number of hydrogen-bond donors (Lipinski definition) is 2. The number of aromatic nitrogens is 2. The number of para-hydroxylation sites is 1. The topological polar surface area (TPSA) is 84.0 Å². The van der Waals surface area contributed by atoms with Crippen molar-refractivity contribution in [1.82, 2.24) is 15.3 Å². The van der Waals surface area contributed by atoms with Crippen LogP contribution in [0.1, 0.15) is 28.9 Å². The number of nitrogens with zero attached hydrogens (tertiary/aromatic N) is 2. The van der Waals surface area contributed by atoms with Crippen LogP contribution in [0.4, 0.5) is 5.82 Å². The molecule has 0 saturated heterocycles. The highest BCUT2D eigenvalue weighted by molar-refractivity contribution is 7.99. The highest BCUT2D eigenvalue weighted by atomic mass is 35.5. The van der Waals surface area contributed by atoms with Crippen molar-refractivity contribution in [3.63, 3.8) is 0 Å². The Labute approximate surface area is 187 Å². The number of carbonyl (C=O) groups is 2. The third-order valence-electron chi connectivity index (χ3n) is 4.56. The van der Waals surface area contributed by atoms with E-state index < -0.39 is 0 Å². The molecule has 9 heteroatoms. The van der Waals surface area contributed by atoms with Crippen molar-refractivity contribution >= 4 is 63.5 Å². The predicted molar refractivity (Wildman–Crippen MR) is 121 cm³/mol. The van der Waals surface area contributed by atoms with Crippen molar-refractivity contribution in [3.8, 4) is 0 Å². The van der Waals surface area contributed by atoms with Crippen LogP contribution in [0.15, 0.2) is 41.4 Å². The molecule has 1 aliphatic rings. The van der Waals surface area contributed by atoms with E-state index in [1.807, 2.05) is 24.3 Å². The largest absolute Gasteiger partial charge is 0.349 e. The quantitative estimate of drug-likeness (QED) is 0.512. The molecule has 2 aromatic heterocycles. The summed E-state index contributed by atoms with van der Waals surface area (Å²) in [5.41, 5.74) is 1.85. The summed E-state index contributed by atoms with van der Waals surface area (Å²) in [5.74, 6) is -0.0421. The van der Waals surface area contributed by atoms with Gasteiger partial charge in [0.15, 0.2) is 5.82 Å². The Morgan fingerprint density at radius 2 is 1.90 bits per heavy atom. The molecule has 4 rings (SSSR count). The van der Waals surface area contributed by atoms with Crippen LogP contribution in [-0.2, 0) is 4.79 Å². The lowest BCUT2D eigenvalue weighted by atomic mass is 10.1. The molecule has 30 heavy (non-hydrogen) atoms. The van der Waals surface area contributed by atoms with Crippen molar-refractivity contribution in [1.29, 1.82) is 0 Å². The number of benzene rings is 1. The van der Waals surface area contributed by atoms with Gasteiger partial charge in [0.05, 0.1) is 37.6 Å². The van der Waals surface area contributed by atoms with E-state index >= 15 is 0 Å². The zero-order valence-electron chi connectivity index (χ0n) is 16.0. The van der Waals surface area contributed by atoms with Crippen LogP contribution in [0.3, 0.4) is 0 Å². The third kappa shape index (κ3) is 4.86. The molecule has 1 aliphatic carbocycles. The Balaban J connectivity index is 1.50. The first-order chi connectivity index (χ1) is 14.4. The Kier molecular flexibility index (Phi) is 6.13. The van der Waals surface area contributed by atoms with E-state index in [2.05, 4.69) is 20.6 Å². The molecule has 2 amide bonds. The summed E-state index contributed by atoms with van der Waals surface area (Å²) in [6.45, 7) is 1.73. The van der Waals surface area contributed by atoms with E-state index in [0.29, 0.717) is 26.8 Å². The van der Waals surface area contributed by atoms with E-state index in [4.69, 9.17) is 23.2 Å².